The van der Waals surface area contributed by atoms with Gasteiger partial charge in [-0.25, -0.2) is 19.8 Å². The van der Waals surface area contributed by atoms with Crippen LogP contribution in [0.3, 0.4) is 0 Å². The largest absolute Gasteiger partial charge is 0.308 e. The van der Waals surface area contributed by atoms with Crippen LogP contribution in [0, 0.1) is 61.3 Å². The number of para-hydroxylation sites is 1. The number of aromatic nitrogens is 4. The van der Waals surface area contributed by atoms with Crippen molar-refractivity contribution < 1.29 is 0 Å². The maximum absolute atomic E-state index is 10.8. The smallest absolute Gasteiger partial charge is 0.188 e. The van der Waals surface area contributed by atoms with E-state index in [0.717, 1.165) is 38.5 Å². The van der Waals surface area contributed by atoms with Crippen LogP contribution in [0.5, 0.6) is 0 Å². The molecule has 8 nitrogen and oxygen atoms in total. The van der Waals surface area contributed by atoms with Crippen molar-refractivity contribution in [2.75, 3.05) is 0 Å². The van der Waals surface area contributed by atoms with Crippen LogP contribution in [0.4, 0.5) is 5.69 Å². The first-order valence-corrected chi connectivity index (χ1v) is 21.3. The van der Waals surface area contributed by atoms with Gasteiger partial charge in [-0.05, 0) is 97.1 Å². The van der Waals surface area contributed by atoms with Gasteiger partial charge in [0.1, 0.15) is 0 Å². The van der Waals surface area contributed by atoms with Gasteiger partial charge in [0.05, 0.1) is 52.6 Å². The third-order valence-corrected chi connectivity index (χ3v) is 12.0. The Hall–Kier alpha value is -9.47. The third-order valence-electron chi connectivity index (χ3n) is 12.0. The van der Waals surface area contributed by atoms with Gasteiger partial charge in [0.25, 0.3) is 0 Å². The van der Waals surface area contributed by atoms with E-state index in [4.69, 9.17) is 21.5 Å². The number of hydrogen-bond donors (Lipinski definition) is 0. The average molecular weight is 845 g/mol. The van der Waals surface area contributed by atoms with Crippen molar-refractivity contribution in [3.63, 3.8) is 0 Å². The van der Waals surface area contributed by atoms with Crippen LogP contribution in [0.25, 0.3) is 99.9 Å². The Kier molecular flexibility index (Phi) is 10.3. The lowest BCUT2D eigenvalue weighted by molar-refractivity contribution is 1.07. The van der Waals surface area contributed by atoms with Crippen LogP contribution in [0.1, 0.15) is 33.4 Å². The summed E-state index contributed by atoms with van der Waals surface area (Å²) >= 11 is 0. The SMILES string of the molecule is [C-]#[N+]c1ccc(-c2cc(-c3nc(-c4ccccc4)nc(-c4ccccc4)n3)cc(-c3ccc(C#N)cc3C#N)c2-n2c3ccccc3c3cc(-c4c(C)cc(C)cc4C)ccc32)c(C#N)c1. The summed E-state index contributed by atoms with van der Waals surface area (Å²) < 4.78 is 2.21. The Balaban J connectivity index is 1.37. The van der Waals surface area contributed by atoms with Crippen molar-refractivity contribution in [3.8, 4) is 91.4 Å². The zero-order valence-electron chi connectivity index (χ0n) is 36.2. The minimum atomic E-state index is 0.293. The molecule has 0 spiro atoms. The predicted octanol–water partition coefficient (Wildman–Crippen LogP) is 14.1. The number of nitriles is 3. The fourth-order valence-electron chi connectivity index (χ4n) is 9.23. The van der Waals surface area contributed by atoms with Gasteiger partial charge >= 0.3 is 0 Å². The van der Waals surface area contributed by atoms with Gasteiger partial charge in [-0.15, -0.1) is 0 Å². The second-order valence-corrected chi connectivity index (χ2v) is 16.3. The Labute approximate surface area is 382 Å². The molecule has 2 heterocycles. The van der Waals surface area contributed by atoms with Crippen molar-refractivity contribution in [1.82, 2.24) is 19.5 Å². The van der Waals surface area contributed by atoms with Crippen LogP contribution in [-0.4, -0.2) is 19.5 Å². The molecular weight excluding hydrogens is 809 g/mol. The minimum Gasteiger partial charge on any atom is -0.308 e. The number of rotatable bonds is 7. The number of nitrogens with zero attached hydrogens (tertiary/aromatic N) is 8. The van der Waals surface area contributed by atoms with Crippen molar-refractivity contribution >= 4 is 27.5 Å². The molecule has 10 aromatic rings. The summed E-state index contributed by atoms with van der Waals surface area (Å²) in [5.74, 6) is 1.31. The summed E-state index contributed by atoms with van der Waals surface area (Å²) in [6.07, 6.45) is 0. The molecule has 0 aliphatic rings. The van der Waals surface area contributed by atoms with Crippen molar-refractivity contribution in [1.29, 1.82) is 15.8 Å². The minimum absolute atomic E-state index is 0.293. The zero-order chi connectivity index (χ0) is 45.5. The monoisotopic (exact) mass is 844 g/mol. The second-order valence-electron chi connectivity index (χ2n) is 16.3. The molecule has 0 fully saturated rings. The summed E-state index contributed by atoms with van der Waals surface area (Å²) in [5, 5.41) is 33.7. The highest BCUT2D eigenvalue weighted by Crippen LogP contribution is 2.46. The zero-order valence-corrected chi connectivity index (χ0v) is 36.2. The van der Waals surface area contributed by atoms with Gasteiger partial charge in [-0.3, -0.25) is 0 Å². The molecule has 0 saturated heterocycles. The van der Waals surface area contributed by atoms with E-state index in [-0.39, 0.29) is 0 Å². The summed E-state index contributed by atoms with van der Waals surface area (Å²) in [7, 11) is 0. The van der Waals surface area contributed by atoms with E-state index in [9.17, 15) is 15.8 Å². The molecule has 66 heavy (non-hydrogen) atoms. The number of benzene rings is 8. The first kappa shape index (κ1) is 40.6. The third kappa shape index (κ3) is 7.08. The molecule has 10 rings (SSSR count). The fourth-order valence-corrected chi connectivity index (χ4v) is 9.23. The normalized spacial score (nSPS) is 10.9. The van der Waals surface area contributed by atoms with E-state index < -0.39 is 0 Å². The van der Waals surface area contributed by atoms with Crippen molar-refractivity contribution in [3.05, 3.63) is 209 Å². The molecule has 0 bridgehead atoms. The van der Waals surface area contributed by atoms with Gasteiger partial charge in [0.2, 0.25) is 0 Å². The molecule has 308 valence electrons. The fraction of sp³-hybridized carbons (Fsp3) is 0.0517. The number of hydrogen-bond acceptors (Lipinski definition) is 6. The first-order valence-electron chi connectivity index (χ1n) is 21.3. The van der Waals surface area contributed by atoms with Gasteiger partial charge in [0.15, 0.2) is 23.2 Å². The lowest BCUT2D eigenvalue weighted by atomic mass is 9.88. The van der Waals surface area contributed by atoms with Crippen molar-refractivity contribution in [2.45, 2.75) is 20.8 Å². The van der Waals surface area contributed by atoms with Gasteiger partial charge < -0.3 is 4.57 Å². The highest BCUT2D eigenvalue weighted by molar-refractivity contribution is 6.12. The molecule has 8 aromatic carbocycles. The maximum Gasteiger partial charge on any atom is 0.188 e. The van der Waals surface area contributed by atoms with Crippen LogP contribution < -0.4 is 0 Å². The Morgan fingerprint density at radius 3 is 1.61 bits per heavy atom. The van der Waals surface area contributed by atoms with E-state index in [0.29, 0.717) is 73.4 Å². The molecule has 0 amide bonds. The average Bonchev–Trinajstić information content (AvgIpc) is 3.68. The van der Waals surface area contributed by atoms with Crippen LogP contribution in [-0.2, 0) is 0 Å². The molecule has 0 aliphatic carbocycles. The standard InChI is InChI=1S/C58H36N8/c1-35-25-36(2)54(37(3)26-35)41-20-24-53-49(29-41)48-17-11-12-18-52(48)66(53)55-50(46-22-19-38(32-59)27-43(46)33-60)30-42(31-51(55)47-23-21-45(62-4)28-44(47)34-61)58-64-56(39-13-7-5-8-14-39)63-57(65-58)40-15-9-6-10-16-40/h5-31H,1-3H3. The molecule has 0 radical (unpaired) electrons. The molecular formula is C58H36N8. The van der Waals surface area contributed by atoms with Gasteiger partial charge in [0, 0.05) is 49.7 Å². The molecule has 0 aliphatic heterocycles. The highest BCUT2D eigenvalue weighted by atomic mass is 15.0. The quantitative estimate of drug-likeness (QED) is 0.147. The lowest BCUT2D eigenvalue weighted by Gasteiger charge is -2.22. The molecule has 0 saturated carbocycles. The number of fused-ring (bicyclic) bond motifs is 3. The van der Waals surface area contributed by atoms with Crippen LogP contribution >= 0.6 is 0 Å². The van der Waals surface area contributed by atoms with E-state index >= 15 is 0 Å². The predicted molar refractivity (Wildman–Crippen MR) is 261 cm³/mol. The molecule has 0 N–H and O–H groups in total. The summed E-state index contributed by atoms with van der Waals surface area (Å²) in [6.45, 7) is 14.2. The highest BCUT2D eigenvalue weighted by Gasteiger charge is 2.26. The Morgan fingerprint density at radius 1 is 0.470 bits per heavy atom. The summed E-state index contributed by atoms with van der Waals surface area (Å²) in [5.41, 5.74) is 14.3. The Bertz CT molecular complexity index is 3600. The van der Waals surface area contributed by atoms with E-state index in [1.807, 2.05) is 97.1 Å². The molecule has 0 atom stereocenters. The van der Waals surface area contributed by atoms with Crippen LogP contribution in [0.2, 0.25) is 0 Å². The molecule has 0 unspecified atom stereocenters. The Morgan fingerprint density at radius 2 is 1.02 bits per heavy atom. The van der Waals surface area contributed by atoms with Gasteiger partial charge in [-0.1, -0.05) is 121 Å². The topological polar surface area (TPSA) is 119 Å². The van der Waals surface area contributed by atoms with Crippen molar-refractivity contribution in [2.24, 2.45) is 0 Å². The lowest BCUT2D eigenvalue weighted by Crippen LogP contribution is -2.05. The van der Waals surface area contributed by atoms with E-state index in [1.54, 1.807) is 24.3 Å². The second kappa shape index (κ2) is 16.7. The first-order chi connectivity index (χ1) is 32.3. The summed E-state index contributed by atoms with van der Waals surface area (Å²) in [4.78, 5) is 18.9. The van der Waals surface area contributed by atoms with E-state index in [2.05, 4.69) is 90.9 Å². The van der Waals surface area contributed by atoms with E-state index in [1.165, 1.54) is 22.3 Å². The molecule has 8 heteroatoms. The maximum atomic E-state index is 10.8. The van der Waals surface area contributed by atoms with Gasteiger partial charge in [-0.2, -0.15) is 15.8 Å². The van der Waals surface area contributed by atoms with Crippen LogP contribution in [0.15, 0.2) is 164 Å². The number of aryl methyl sites for hydroxylation is 3. The summed E-state index contributed by atoms with van der Waals surface area (Å²) in [6, 6.07) is 59.9. The molecule has 2 aromatic heterocycles.